The number of aliphatic hydroxyl groups is 1. The molecular formula is C12H20N2O3. The molecule has 0 atom stereocenters. The summed E-state index contributed by atoms with van der Waals surface area (Å²) < 4.78 is 0. The van der Waals surface area contributed by atoms with E-state index < -0.39 is 5.97 Å². The number of aromatic amines is 1. The fourth-order valence-corrected chi connectivity index (χ4v) is 1.75. The van der Waals surface area contributed by atoms with Crippen LogP contribution in [0, 0.1) is 0 Å². The molecule has 0 aromatic carbocycles. The summed E-state index contributed by atoms with van der Waals surface area (Å²) >= 11 is 0. The monoisotopic (exact) mass is 240 g/mol. The van der Waals surface area contributed by atoms with Gasteiger partial charge in [-0.3, -0.25) is 4.79 Å². The number of rotatable bonds is 8. The zero-order valence-corrected chi connectivity index (χ0v) is 10.2. The average Bonchev–Trinajstić information content (AvgIpc) is 2.66. The summed E-state index contributed by atoms with van der Waals surface area (Å²) in [7, 11) is 0. The van der Waals surface area contributed by atoms with Crippen molar-refractivity contribution in [2.45, 2.75) is 45.4 Å². The van der Waals surface area contributed by atoms with E-state index in [0.717, 1.165) is 36.5 Å². The highest BCUT2D eigenvalue weighted by atomic mass is 16.4. The maximum Gasteiger partial charge on any atom is 0.303 e. The number of aliphatic hydroxyl groups excluding tert-OH is 1. The summed E-state index contributed by atoms with van der Waals surface area (Å²) in [6.07, 6.45) is 3.83. The highest BCUT2D eigenvalue weighted by Gasteiger charge is 2.11. The maximum absolute atomic E-state index is 10.6. The number of carboxylic acids is 1. The Morgan fingerprint density at radius 2 is 2.12 bits per heavy atom. The van der Waals surface area contributed by atoms with Gasteiger partial charge in [0.1, 0.15) is 5.82 Å². The minimum atomic E-state index is -0.807. The Morgan fingerprint density at radius 3 is 2.71 bits per heavy atom. The van der Waals surface area contributed by atoms with Gasteiger partial charge in [0.05, 0.1) is 12.1 Å². The first-order chi connectivity index (χ1) is 8.17. The molecule has 1 aromatic rings. The molecule has 0 fully saturated rings. The van der Waals surface area contributed by atoms with Gasteiger partial charge in [0, 0.05) is 25.1 Å². The molecule has 0 aliphatic rings. The van der Waals surface area contributed by atoms with Crippen LogP contribution in [0.4, 0.5) is 0 Å². The third kappa shape index (κ3) is 4.56. The quantitative estimate of drug-likeness (QED) is 0.639. The van der Waals surface area contributed by atoms with Crippen molar-refractivity contribution in [1.82, 2.24) is 9.97 Å². The molecule has 0 saturated carbocycles. The van der Waals surface area contributed by atoms with E-state index in [9.17, 15) is 4.79 Å². The van der Waals surface area contributed by atoms with E-state index >= 15 is 0 Å². The maximum atomic E-state index is 10.6. The third-order valence-corrected chi connectivity index (χ3v) is 2.56. The van der Waals surface area contributed by atoms with Crippen LogP contribution in [0.15, 0.2) is 0 Å². The van der Waals surface area contributed by atoms with Gasteiger partial charge in [-0.1, -0.05) is 6.92 Å². The van der Waals surface area contributed by atoms with Gasteiger partial charge in [-0.2, -0.15) is 0 Å². The number of hydrogen-bond donors (Lipinski definition) is 3. The number of carboxylic acid groups (broad SMARTS) is 1. The van der Waals surface area contributed by atoms with Crippen molar-refractivity contribution in [1.29, 1.82) is 0 Å². The molecule has 1 rings (SSSR count). The lowest BCUT2D eigenvalue weighted by atomic mass is 10.1. The van der Waals surface area contributed by atoms with Crippen LogP contribution in [-0.2, 0) is 24.1 Å². The standard InChI is InChI=1S/C12H20N2O3/c1-2-4-11-13-9(5-3-8-15)10(14-11)6-7-12(16)17/h15H,2-8H2,1H3,(H,13,14)(H,16,17). The Morgan fingerprint density at radius 1 is 1.35 bits per heavy atom. The molecule has 0 unspecified atom stereocenters. The minimum absolute atomic E-state index is 0.0997. The summed E-state index contributed by atoms with van der Waals surface area (Å²) in [5, 5.41) is 17.5. The molecule has 0 amide bonds. The van der Waals surface area contributed by atoms with Crippen molar-refractivity contribution in [3.05, 3.63) is 17.2 Å². The second-order valence-corrected chi connectivity index (χ2v) is 4.08. The Labute approximate surface area is 101 Å². The van der Waals surface area contributed by atoms with Crippen LogP contribution in [0.2, 0.25) is 0 Å². The molecule has 1 heterocycles. The topological polar surface area (TPSA) is 86.2 Å². The fraction of sp³-hybridized carbons (Fsp3) is 0.667. The van der Waals surface area contributed by atoms with Gasteiger partial charge >= 0.3 is 5.97 Å². The smallest absolute Gasteiger partial charge is 0.303 e. The van der Waals surface area contributed by atoms with Crippen LogP contribution < -0.4 is 0 Å². The lowest BCUT2D eigenvalue weighted by Crippen LogP contribution is -2.01. The zero-order valence-electron chi connectivity index (χ0n) is 10.2. The Bertz CT molecular complexity index is 361. The van der Waals surface area contributed by atoms with Crippen molar-refractivity contribution in [2.24, 2.45) is 0 Å². The number of nitrogens with zero attached hydrogens (tertiary/aromatic N) is 1. The molecule has 0 bridgehead atoms. The molecule has 0 spiro atoms. The summed E-state index contributed by atoms with van der Waals surface area (Å²) in [5.41, 5.74) is 1.81. The SMILES string of the molecule is CCCc1nc(CCC(=O)O)c(CCCO)[nH]1. The van der Waals surface area contributed by atoms with E-state index in [1.807, 2.05) is 0 Å². The van der Waals surface area contributed by atoms with Gasteiger partial charge in [0.15, 0.2) is 0 Å². The molecule has 1 aromatic heterocycles. The van der Waals surface area contributed by atoms with Crippen LogP contribution in [-0.4, -0.2) is 32.8 Å². The van der Waals surface area contributed by atoms with Gasteiger partial charge < -0.3 is 15.2 Å². The summed E-state index contributed by atoms with van der Waals surface area (Å²) in [4.78, 5) is 18.2. The van der Waals surface area contributed by atoms with Gasteiger partial charge in [0.2, 0.25) is 0 Å². The lowest BCUT2D eigenvalue weighted by molar-refractivity contribution is -0.136. The normalized spacial score (nSPS) is 10.7. The van der Waals surface area contributed by atoms with Crippen LogP contribution in [0.25, 0.3) is 0 Å². The number of aromatic nitrogens is 2. The van der Waals surface area contributed by atoms with Gasteiger partial charge in [-0.15, -0.1) is 0 Å². The lowest BCUT2D eigenvalue weighted by Gasteiger charge is -1.99. The molecule has 5 nitrogen and oxygen atoms in total. The summed E-state index contributed by atoms with van der Waals surface area (Å²) in [6, 6.07) is 0. The third-order valence-electron chi connectivity index (χ3n) is 2.56. The molecule has 3 N–H and O–H groups in total. The fourth-order valence-electron chi connectivity index (χ4n) is 1.75. The Hall–Kier alpha value is -1.36. The number of carbonyl (C=O) groups is 1. The van der Waals surface area contributed by atoms with E-state index in [1.165, 1.54) is 0 Å². The second-order valence-electron chi connectivity index (χ2n) is 4.08. The summed E-state index contributed by atoms with van der Waals surface area (Å²) in [5.74, 6) is 0.110. The number of aryl methyl sites for hydroxylation is 3. The van der Waals surface area contributed by atoms with Gasteiger partial charge in [0.25, 0.3) is 0 Å². The van der Waals surface area contributed by atoms with Crippen LogP contribution in [0.5, 0.6) is 0 Å². The highest BCUT2D eigenvalue weighted by molar-refractivity contribution is 5.67. The Kier molecular flexibility index (Phi) is 5.69. The minimum Gasteiger partial charge on any atom is -0.481 e. The van der Waals surface area contributed by atoms with Crippen molar-refractivity contribution in [2.75, 3.05) is 6.61 Å². The van der Waals surface area contributed by atoms with Crippen molar-refractivity contribution >= 4 is 5.97 Å². The van der Waals surface area contributed by atoms with E-state index in [-0.39, 0.29) is 13.0 Å². The number of nitrogens with one attached hydrogen (secondary N) is 1. The molecule has 0 radical (unpaired) electrons. The van der Waals surface area contributed by atoms with Crippen molar-refractivity contribution in [3.63, 3.8) is 0 Å². The van der Waals surface area contributed by atoms with Crippen LogP contribution >= 0.6 is 0 Å². The first-order valence-electron chi connectivity index (χ1n) is 6.06. The first-order valence-corrected chi connectivity index (χ1v) is 6.06. The molecule has 0 aliphatic carbocycles. The Balaban J connectivity index is 2.71. The molecule has 0 aliphatic heterocycles. The van der Waals surface area contributed by atoms with Gasteiger partial charge in [-0.25, -0.2) is 4.98 Å². The predicted molar refractivity (Wildman–Crippen MR) is 63.9 cm³/mol. The van der Waals surface area contributed by atoms with E-state index in [1.54, 1.807) is 0 Å². The van der Waals surface area contributed by atoms with Crippen molar-refractivity contribution in [3.8, 4) is 0 Å². The number of hydrogen-bond acceptors (Lipinski definition) is 3. The molecule has 96 valence electrons. The average molecular weight is 240 g/mol. The second kappa shape index (κ2) is 7.06. The molecule has 5 heteroatoms. The van der Waals surface area contributed by atoms with Gasteiger partial charge in [-0.05, 0) is 19.3 Å². The zero-order chi connectivity index (χ0) is 12.7. The van der Waals surface area contributed by atoms with E-state index in [2.05, 4.69) is 16.9 Å². The molecule has 17 heavy (non-hydrogen) atoms. The van der Waals surface area contributed by atoms with Crippen LogP contribution in [0.1, 0.15) is 43.4 Å². The van der Waals surface area contributed by atoms with E-state index in [0.29, 0.717) is 12.8 Å². The van der Waals surface area contributed by atoms with E-state index in [4.69, 9.17) is 10.2 Å². The number of aliphatic carboxylic acids is 1. The van der Waals surface area contributed by atoms with Crippen LogP contribution in [0.3, 0.4) is 0 Å². The van der Waals surface area contributed by atoms with Crippen molar-refractivity contribution < 1.29 is 15.0 Å². The number of imidazole rings is 1. The summed E-state index contributed by atoms with van der Waals surface area (Å²) in [6.45, 7) is 2.22. The largest absolute Gasteiger partial charge is 0.481 e. The highest BCUT2D eigenvalue weighted by Crippen LogP contribution is 2.12. The first kappa shape index (κ1) is 13.7. The predicted octanol–water partition coefficient (Wildman–Crippen LogP) is 1.30. The molecular weight excluding hydrogens is 220 g/mol. The molecule has 0 saturated heterocycles. The number of H-pyrrole nitrogens is 1.